The third-order valence-corrected chi connectivity index (χ3v) is 6.94. The summed E-state index contributed by atoms with van der Waals surface area (Å²) in [6.07, 6.45) is 9.85. The van der Waals surface area contributed by atoms with Crippen LogP contribution in [0.3, 0.4) is 0 Å². The van der Waals surface area contributed by atoms with E-state index in [1.54, 1.807) is 32.4 Å². The van der Waals surface area contributed by atoms with Gasteiger partial charge in [-0.15, -0.1) is 11.6 Å². The fourth-order valence-corrected chi connectivity index (χ4v) is 5.28. The van der Waals surface area contributed by atoms with Crippen LogP contribution in [-0.4, -0.2) is 43.1 Å². The second-order valence-electron chi connectivity index (χ2n) is 8.42. The third kappa shape index (κ3) is 3.14. The predicted octanol–water partition coefficient (Wildman–Crippen LogP) is 3.91. The summed E-state index contributed by atoms with van der Waals surface area (Å²) in [6.45, 7) is 0. The van der Waals surface area contributed by atoms with Crippen molar-refractivity contribution in [2.45, 2.75) is 37.1 Å². The van der Waals surface area contributed by atoms with Gasteiger partial charge < -0.3 is 14.8 Å². The number of nitrogens with one attached hydrogen (secondary N) is 1. The highest BCUT2D eigenvalue weighted by atomic mass is 35.5. The summed E-state index contributed by atoms with van der Waals surface area (Å²) in [5, 5.41) is 3.12. The Hall–Kier alpha value is -2.60. The van der Waals surface area contributed by atoms with E-state index in [1.807, 2.05) is 18.2 Å². The van der Waals surface area contributed by atoms with Crippen LogP contribution in [0.5, 0.6) is 11.5 Å². The lowest BCUT2D eigenvalue weighted by Crippen LogP contribution is -2.61. The van der Waals surface area contributed by atoms with Crippen molar-refractivity contribution in [3.8, 4) is 11.5 Å². The van der Waals surface area contributed by atoms with Crippen LogP contribution in [-0.2, 0) is 0 Å². The summed E-state index contributed by atoms with van der Waals surface area (Å²) in [5.74, 6) is 2.57. The molecule has 1 heterocycles. The molecule has 1 aliphatic heterocycles. The first-order chi connectivity index (χ1) is 14.5. The van der Waals surface area contributed by atoms with E-state index < -0.39 is 0 Å². The summed E-state index contributed by atoms with van der Waals surface area (Å²) in [5.41, 5.74) is 2.03. The van der Waals surface area contributed by atoms with Gasteiger partial charge in [0.15, 0.2) is 0 Å². The van der Waals surface area contributed by atoms with E-state index >= 15 is 0 Å². The number of carbonyl (C=O) groups is 1. The minimum atomic E-state index is -0.206. The number of ether oxygens (including phenoxy) is 2. The van der Waals surface area contributed by atoms with Gasteiger partial charge in [-0.05, 0) is 55.9 Å². The summed E-state index contributed by atoms with van der Waals surface area (Å²) >= 11 is 6.21. The molecule has 5 aliphatic rings. The normalized spacial score (nSPS) is 31.0. The van der Waals surface area contributed by atoms with Crippen LogP contribution in [0, 0.1) is 11.3 Å². The molecule has 0 aromatic heterocycles. The first-order valence-corrected chi connectivity index (χ1v) is 10.7. The Morgan fingerprint density at radius 2 is 1.87 bits per heavy atom. The first kappa shape index (κ1) is 19.4. The number of amides is 1. The highest BCUT2D eigenvalue weighted by molar-refractivity contribution is 6.27. The molecule has 7 heteroatoms. The molecule has 1 amide bonds. The second kappa shape index (κ2) is 7.27. The van der Waals surface area contributed by atoms with Crippen molar-refractivity contribution in [2.75, 3.05) is 14.2 Å². The molecular weight excluding hydrogens is 402 g/mol. The lowest BCUT2D eigenvalue weighted by atomic mass is 9.51. The Kier molecular flexibility index (Phi) is 4.69. The Labute approximate surface area is 180 Å². The number of fused-ring (bicyclic) bond motifs is 3. The molecule has 6 nitrogen and oxygen atoms in total. The third-order valence-electron chi connectivity index (χ3n) is 6.67. The van der Waals surface area contributed by atoms with Crippen molar-refractivity contribution < 1.29 is 14.3 Å². The van der Waals surface area contributed by atoms with Gasteiger partial charge in [0.2, 0.25) is 0 Å². The maximum atomic E-state index is 13.1. The van der Waals surface area contributed by atoms with Crippen molar-refractivity contribution in [3.05, 3.63) is 47.7 Å². The Morgan fingerprint density at radius 3 is 2.57 bits per heavy atom. The van der Waals surface area contributed by atoms with Gasteiger partial charge in [0, 0.05) is 17.7 Å². The molecule has 6 rings (SSSR count). The molecule has 0 radical (unpaired) electrons. The zero-order valence-electron chi connectivity index (χ0n) is 17.0. The number of nitrogens with zero attached hydrogens (tertiary/aromatic N) is 2. The Bertz CT molecular complexity index is 998. The summed E-state index contributed by atoms with van der Waals surface area (Å²) < 4.78 is 10.6. The van der Waals surface area contributed by atoms with Crippen molar-refractivity contribution >= 4 is 29.1 Å². The molecule has 30 heavy (non-hydrogen) atoms. The molecule has 1 N–H and O–H groups in total. The standard InChI is InChI=1S/C23H24ClN3O3/c1-29-16-7-14(8-17(10-16)30-2)21(28)27-20-6-3-13-11-23(20,12-13)22-25-18-5-4-15(24)9-19(18)26-22/h4-5,7-10,13,15,20H,3,6,11-12H2,1-2H3,(H,27,28). The molecule has 0 saturated heterocycles. The van der Waals surface area contributed by atoms with E-state index in [1.165, 1.54) is 0 Å². The number of carbonyl (C=O) groups excluding carboxylic acids is 1. The average molecular weight is 426 g/mol. The predicted molar refractivity (Wildman–Crippen MR) is 117 cm³/mol. The fourth-order valence-electron chi connectivity index (χ4n) is 5.09. The van der Waals surface area contributed by atoms with Gasteiger partial charge in [0.05, 0.1) is 36.4 Å². The lowest BCUT2D eigenvalue weighted by Gasteiger charge is -2.56. The van der Waals surface area contributed by atoms with Crippen molar-refractivity contribution in [2.24, 2.45) is 21.3 Å². The van der Waals surface area contributed by atoms with Crippen LogP contribution in [0.1, 0.15) is 36.0 Å². The molecule has 0 spiro atoms. The number of benzene rings is 1. The maximum Gasteiger partial charge on any atom is 0.251 e. The van der Waals surface area contributed by atoms with Crippen LogP contribution < -0.4 is 14.8 Å². The fraction of sp³-hybridized carbons (Fsp3) is 0.435. The number of allylic oxidation sites excluding steroid dienone is 3. The van der Waals surface area contributed by atoms with Crippen molar-refractivity contribution in [1.29, 1.82) is 0 Å². The highest BCUT2D eigenvalue weighted by Crippen LogP contribution is 2.57. The Morgan fingerprint density at radius 1 is 1.13 bits per heavy atom. The number of rotatable bonds is 5. The monoisotopic (exact) mass is 425 g/mol. The SMILES string of the molecule is COc1cc(OC)cc(C(=O)NC2CCC3CC2(C2=NC4=CC(Cl)C=CC4=N2)C3)c1. The number of alkyl halides is 1. The van der Waals surface area contributed by atoms with E-state index in [0.29, 0.717) is 23.0 Å². The van der Waals surface area contributed by atoms with Crippen LogP contribution in [0.15, 0.2) is 52.1 Å². The molecule has 3 saturated carbocycles. The highest BCUT2D eigenvalue weighted by Gasteiger charge is 2.57. The average Bonchev–Trinajstić information content (AvgIpc) is 3.16. The van der Waals surface area contributed by atoms with Gasteiger partial charge in [-0.2, -0.15) is 0 Å². The minimum Gasteiger partial charge on any atom is -0.497 e. The van der Waals surface area contributed by atoms with Crippen LogP contribution in [0.4, 0.5) is 0 Å². The number of methoxy groups -OCH3 is 2. The van der Waals surface area contributed by atoms with Gasteiger partial charge in [-0.3, -0.25) is 4.79 Å². The van der Waals surface area contributed by atoms with Gasteiger partial charge >= 0.3 is 0 Å². The van der Waals surface area contributed by atoms with E-state index in [-0.39, 0.29) is 22.7 Å². The molecule has 2 unspecified atom stereocenters. The van der Waals surface area contributed by atoms with Gasteiger partial charge in [0.1, 0.15) is 17.3 Å². The minimum absolute atomic E-state index is 0.00757. The largest absolute Gasteiger partial charge is 0.497 e. The quantitative estimate of drug-likeness (QED) is 0.727. The Balaban J connectivity index is 1.41. The van der Waals surface area contributed by atoms with E-state index in [4.69, 9.17) is 31.1 Å². The maximum absolute atomic E-state index is 13.1. The topological polar surface area (TPSA) is 72.3 Å². The number of hydrogen-bond donors (Lipinski definition) is 1. The van der Waals surface area contributed by atoms with Crippen LogP contribution >= 0.6 is 11.6 Å². The second-order valence-corrected chi connectivity index (χ2v) is 8.93. The zero-order chi connectivity index (χ0) is 20.9. The molecule has 2 atom stereocenters. The van der Waals surface area contributed by atoms with E-state index in [0.717, 1.165) is 42.9 Å². The van der Waals surface area contributed by atoms with E-state index in [9.17, 15) is 4.79 Å². The van der Waals surface area contributed by atoms with Crippen molar-refractivity contribution in [3.63, 3.8) is 0 Å². The molecule has 3 fully saturated rings. The summed E-state index contributed by atoms with van der Waals surface area (Å²) in [4.78, 5) is 22.8. The molecule has 156 valence electrons. The van der Waals surface area contributed by atoms with Crippen LogP contribution in [0.2, 0.25) is 0 Å². The van der Waals surface area contributed by atoms with Crippen LogP contribution in [0.25, 0.3) is 0 Å². The lowest BCUT2D eigenvalue weighted by molar-refractivity contribution is 0.0200. The van der Waals surface area contributed by atoms with E-state index in [2.05, 4.69) is 5.32 Å². The summed E-state index contributed by atoms with van der Waals surface area (Å²) in [7, 11) is 3.15. The number of amidine groups is 1. The van der Waals surface area contributed by atoms with Gasteiger partial charge in [-0.1, -0.05) is 6.08 Å². The number of hydrogen-bond acceptors (Lipinski definition) is 5. The number of aliphatic imine (C=N–C) groups is 2. The molecule has 4 aliphatic carbocycles. The molecule has 1 aromatic carbocycles. The molecular formula is C23H24ClN3O3. The first-order valence-electron chi connectivity index (χ1n) is 10.3. The molecule has 2 bridgehead atoms. The zero-order valence-corrected chi connectivity index (χ0v) is 17.8. The molecule has 1 aromatic rings. The smallest absolute Gasteiger partial charge is 0.251 e. The number of halogens is 1. The van der Waals surface area contributed by atoms with Gasteiger partial charge in [0.25, 0.3) is 5.91 Å². The van der Waals surface area contributed by atoms with Gasteiger partial charge in [-0.25, -0.2) is 9.98 Å². The summed E-state index contributed by atoms with van der Waals surface area (Å²) in [6, 6.07) is 5.21. The van der Waals surface area contributed by atoms with Crippen molar-refractivity contribution in [1.82, 2.24) is 5.32 Å².